The third-order valence-electron chi connectivity index (χ3n) is 18.0. The van der Waals surface area contributed by atoms with Gasteiger partial charge in [0.25, 0.3) is 0 Å². The molecule has 1 heterocycles. The SMILES string of the molecule is C=C(C)[C@@H]1CC[C@]2(NCCN3CCN(S(=O)(=O)c4ccc(C)cc4)CC3)CC[C@]3(C)[C@H](CCC4[C@@]5(C)CC=C(c6ccc(C(=O)O)cc6)C(C)(C)C5CC[C@]43C)C12. The second kappa shape index (κ2) is 14.4. The monoisotopic (exact) mass is 796 g/mol. The van der Waals surface area contributed by atoms with Gasteiger partial charge in [0.15, 0.2) is 0 Å². The van der Waals surface area contributed by atoms with Gasteiger partial charge in [-0.05, 0) is 158 Å². The van der Waals surface area contributed by atoms with Gasteiger partial charge in [0, 0.05) is 44.8 Å². The molecule has 4 saturated carbocycles. The molecule has 6 aliphatic rings. The van der Waals surface area contributed by atoms with Crippen LogP contribution in [0.15, 0.2) is 71.7 Å². The Kier molecular flexibility index (Phi) is 10.4. The van der Waals surface area contributed by atoms with E-state index in [2.05, 4.69) is 64.4 Å². The molecule has 1 aliphatic heterocycles. The number of allylic oxidation sites excluding steroid dienone is 3. The highest BCUT2D eigenvalue weighted by Crippen LogP contribution is 2.76. The molecule has 9 atom stereocenters. The summed E-state index contributed by atoms with van der Waals surface area (Å²) >= 11 is 0. The van der Waals surface area contributed by atoms with Crippen LogP contribution < -0.4 is 5.32 Å². The van der Waals surface area contributed by atoms with Crippen LogP contribution >= 0.6 is 0 Å². The number of nitrogens with zero attached hydrogens (tertiary/aromatic N) is 2. The van der Waals surface area contributed by atoms with Crippen molar-refractivity contribution in [2.45, 2.75) is 117 Å². The molecule has 3 unspecified atom stereocenters. The molecule has 310 valence electrons. The predicted molar refractivity (Wildman–Crippen MR) is 230 cm³/mol. The highest BCUT2D eigenvalue weighted by molar-refractivity contribution is 7.89. The Morgan fingerprint density at radius 1 is 0.842 bits per heavy atom. The fourth-order valence-electron chi connectivity index (χ4n) is 14.9. The van der Waals surface area contributed by atoms with Crippen LogP contribution in [0.3, 0.4) is 0 Å². The molecule has 5 fully saturated rings. The molecule has 57 heavy (non-hydrogen) atoms. The minimum Gasteiger partial charge on any atom is -0.478 e. The summed E-state index contributed by atoms with van der Waals surface area (Å²) in [5.74, 6) is 2.18. The Balaban J connectivity index is 0.977. The summed E-state index contributed by atoms with van der Waals surface area (Å²) in [6.07, 6.45) is 13.7. The van der Waals surface area contributed by atoms with Gasteiger partial charge in [0.05, 0.1) is 10.5 Å². The van der Waals surface area contributed by atoms with Crippen molar-refractivity contribution in [3.8, 4) is 0 Å². The standard InChI is InChI=1S/C49H69N3O4S/c1-33(2)38-19-24-49(50-27-28-51-29-31-52(32-30-51)57(55,56)37-15-9-34(3)10-16-37)26-25-47(7)40(43(38)49)17-18-42-46(6)22-20-39(35-11-13-36(14-12-35)44(53)54)45(4,5)41(46)21-23-48(42,47)8/h9-16,20,38,40-43,50H,1,17-19,21-32H2,2-8H3,(H,53,54)/t38-,40+,41?,42?,43?,46-,47+,48+,49-/m0/s1. The van der Waals surface area contributed by atoms with Crippen molar-refractivity contribution in [3.63, 3.8) is 0 Å². The summed E-state index contributed by atoms with van der Waals surface area (Å²) < 4.78 is 28.4. The number of aryl methyl sites for hydroxylation is 1. The number of fused-ring (bicyclic) bond motifs is 7. The molecule has 2 aromatic rings. The Bertz CT molecular complexity index is 2020. The number of benzene rings is 2. The Morgan fingerprint density at radius 3 is 2.18 bits per heavy atom. The van der Waals surface area contributed by atoms with E-state index in [1.54, 1.807) is 28.6 Å². The highest BCUT2D eigenvalue weighted by atomic mass is 32.2. The first-order chi connectivity index (χ1) is 26.9. The zero-order valence-corrected chi connectivity index (χ0v) is 36.7. The topological polar surface area (TPSA) is 90.0 Å². The fourth-order valence-corrected chi connectivity index (χ4v) is 16.3. The molecule has 7 nitrogen and oxygen atoms in total. The summed E-state index contributed by atoms with van der Waals surface area (Å²) in [5.41, 5.74) is 6.22. The smallest absolute Gasteiger partial charge is 0.335 e. The molecular weight excluding hydrogens is 727 g/mol. The number of nitrogens with one attached hydrogen (secondary N) is 1. The van der Waals surface area contributed by atoms with E-state index in [1.165, 1.54) is 68.1 Å². The predicted octanol–water partition coefficient (Wildman–Crippen LogP) is 9.69. The van der Waals surface area contributed by atoms with Crippen molar-refractivity contribution in [2.24, 2.45) is 51.2 Å². The maximum atomic E-state index is 13.4. The molecule has 0 amide bonds. The van der Waals surface area contributed by atoms with Gasteiger partial charge < -0.3 is 10.4 Å². The quantitative estimate of drug-likeness (QED) is 0.246. The fraction of sp³-hybridized carbons (Fsp3) is 0.653. The molecule has 0 spiro atoms. The van der Waals surface area contributed by atoms with Crippen LogP contribution in [0.4, 0.5) is 0 Å². The Morgan fingerprint density at radius 2 is 1.53 bits per heavy atom. The van der Waals surface area contributed by atoms with Gasteiger partial charge in [-0.25, -0.2) is 13.2 Å². The zero-order chi connectivity index (χ0) is 40.8. The van der Waals surface area contributed by atoms with Crippen LogP contribution in [-0.2, 0) is 10.0 Å². The number of hydrogen-bond acceptors (Lipinski definition) is 5. The van der Waals surface area contributed by atoms with Crippen LogP contribution in [0.1, 0.15) is 121 Å². The summed E-state index contributed by atoms with van der Waals surface area (Å²) in [7, 11) is -3.47. The van der Waals surface area contributed by atoms with E-state index in [4.69, 9.17) is 0 Å². The van der Waals surface area contributed by atoms with E-state index in [9.17, 15) is 18.3 Å². The van der Waals surface area contributed by atoms with Crippen LogP contribution in [0, 0.1) is 58.2 Å². The summed E-state index contributed by atoms with van der Waals surface area (Å²) in [6, 6.07) is 14.8. The molecule has 8 heteroatoms. The lowest BCUT2D eigenvalue weighted by Gasteiger charge is -2.72. The van der Waals surface area contributed by atoms with Crippen molar-refractivity contribution in [1.82, 2.24) is 14.5 Å². The number of carboxylic acid groups (broad SMARTS) is 1. The number of piperazine rings is 1. The van der Waals surface area contributed by atoms with Crippen LogP contribution in [0.5, 0.6) is 0 Å². The van der Waals surface area contributed by atoms with Crippen LogP contribution in [-0.4, -0.2) is 73.5 Å². The van der Waals surface area contributed by atoms with Crippen molar-refractivity contribution >= 4 is 21.6 Å². The second-order valence-electron chi connectivity index (χ2n) is 20.8. The number of carbonyl (C=O) groups is 1. The maximum absolute atomic E-state index is 13.4. The van der Waals surface area contributed by atoms with Gasteiger partial charge in [0.2, 0.25) is 10.0 Å². The van der Waals surface area contributed by atoms with Gasteiger partial charge in [-0.15, -0.1) is 0 Å². The van der Waals surface area contributed by atoms with E-state index >= 15 is 0 Å². The number of aromatic carboxylic acids is 1. The summed E-state index contributed by atoms with van der Waals surface area (Å²) in [4.78, 5) is 14.5. The van der Waals surface area contributed by atoms with E-state index in [-0.39, 0.29) is 27.2 Å². The maximum Gasteiger partial charge on any atom is 0.335 e. The van der Waals surface area contributed by atoms with E-state index < -0.39 is 16.0 Å². The third-order valence-corrected chi connectivity index (χ3v) is 19.9. The van der Waals surface area contributed by atoms with Crippen molar-refractivity contribution in [2.75, 3.05) is 39.3 Å². The van der Waals surface area contributed by atoms with Crippen LogP contribution in [0.2, 0.25) is 0 Å². The Labute approximate surface area is 343 Å². The van der Waals surface area contributed by atoms with Gasteiger partial charge in [-0.3, -0.25) is 4.90 Å². The molecular formula is C49H69N3O4S. The van der Waals surface area contributed by atoms with E-state index in [1.807, 2.05) is 31.2 Å². The minimum absolute atomic E-state index is 0.000949. The number of hydrogen-bond donors (Lipinski definition) is 2. The highest BCUT2D eigenvalue weighted by Gasteiger charge is 2.70. The average molecular weight is 796 g/mol. The summed E-state index contributed by atoms with van der Waals surface area (Å²) in [6.45, 7) is 26.4. The number of carboxylic acids is 1. The van der Waals surface area contributed by atoms with Gasteiger partial charge in [-0.1, -0.05) is 82.7 Å². The largest absolute Gasteiger partial charge is 0.478 e. The van der Waals surface area contributed by atoms with Gasteiger partial charge in [0.1, 0.15) is 0 Å². The minimum atomic E-state index is -3.47. The first-order valence-corrected chi connectivity index (χ1v) is 23.6. The number of sulfonamides is 1. The van der Waals surface area contributed by atoms with Crippen LogP contribution in [0.25, 0.3) is 5.57 Å². The van der Waals surface area contributed by atoms with E-state index in [0.29, 0.717) is 53.1 Å². The van der Waals surface area contributed by atoms with Crippen molar-refractivity contribution in [3.05, 3.63) is 83.4 Å². The molecule has 0 aromatic heterocycles. The lowest BCUT2D eigenvalue weighted by molar-refractivity contribution is -0.219. The van der Waals surface area contributed by atoms with E-state index in [0.717, 1.165) is 38.2 Å². The Hall–Kier alpha value is -2.78. The third kappa shape index (κ3) is 6.44. The first kappa shape index (κ1) is 41.0. The molecule has 2 aromatic carbocycles. The normalized spacial score (nSPS) is 37.9. The lowest BCUT2D eigenvalue weighted by atomic mass is 9.33. The molecule has 2 N–H and O–H groups in total. The van der Waals surface area contributed by atoms with Crippen molar-refractivity contribution < 1.29 is 18.3 Å². The molecule has 1 saturated heterocycles. The number of rotatable bonds is 9. The molecule has 0 bridgehead atoms. The van der Waals surface area contributed by atoms with Gasteiger partial charge >= 0.3 is 5.97 Å². The average Bonchev–Trinajstić information content (AvgIpc) is 3.55. The molecule has 5 aliphatic carbocycles. The lowest BCUT2D eigenvalue weighted by Crippen LogP contribution is -2.68. The summed E-state index contributed by atoms with van der Waals surface area (Å²) in [5, 5.41) is 13.8. The second-order valence-corrected chi connectivity index (χ2v) is 22.7. The first-order valence-electron chi connectivity index (χ1n) is 22.1. The zero-order valence-electron chi connectivity index (χ0n) is 35.9. The van der Waals surface area contributed by atoms with Crippen molar-refractivity contribution in [1.29, 1.82) is 0 Å². The molecule has 0 radical (unpaired) electrons. The van der Waals surface area contributed by atoms with Gasteiger partial charge in [-0.2, -0.15) is 4.31 Å². The molecule has 8 rings (SSSR count).